The lowest BCUT2D eigenvalue weighted by molar-refractivity contribution is -0.0805. The summed E-state index contributed by atoms with van der Waals surface area (Å²) in [5.74, 6) is 0. The van der Waals surface area contributed by atoms with E-state index in [-0.39, 0.29) is 17.7 Å². The highest BCUT2D eigenvalue weighted by Gasteiger charge is 2.36. The van der Waals surface area contributed by atoms with Crippen LogP contribution in [0.15, 0.2) is 0 Å². The molecule has 5 heteroatoms. The molecular formula is C16H30N2O3. The molecule has 5 nitrogen and oxygen atoms in total. The third-order valence-electron chi connectivity index (χ3n) is 4.13. The third kappa shape index (κ3) is 5.15. The predicted molar refractivity (Wildman–Crippen MR) is 82.4 cm³/mol. The maximum absolute atomic E-state index is 11.8. The monoisotopic (exact) mass is 298 g/mol. The molecule has 2 fully saturated rings. The molecule has 1 unspecified atom stereocenters. The first-order chi connectivity index (χ1) is 9.65. The maximum Gasteiger partial charge on any atom is 0.407 e. The fraction of sp³-hybridized carbons (Fsp3) is 0.938. The molecule has 2 atom stereocenters. The summed E-state index contributed by atoms with van der Waals surface area (Å²) in [5, 5.41) is 2.99. The van der Waals surface area contributed by atoms with E-state index in [2.05, 4.69) is 24.1 Å². The fourth-order valence-electron chi connectivity index (χ4n) is 3.22. The van der Waals surface area contributed by atoms with Gasteiger partial charge in [-0.05, 0) is 53.9 Å². The molecule has 0 aromatic heterocycles. The van der Waals surface area contributed by atoms with Crippen LogP contribution in [0.4, 0.5) is 4.79 Å². The van der Waals surface area contributed by atoms with Gasteiger partial charge in [0.2, 0.25) is 0 Å². The number of ether oxygens (including phenoxy) is 2. The summed E-state index contributed by atoms with van der Waals surface area (Å²) in [7, 11) is 0. The van der Waals surface area contributed by atoms with Crippen LogP contribution in [-0.4, -0.2) is 54.0 Å². The van der Waals surface area contributed by atoms with Crippen LogP contribution in [0.2, 0.25) is 0 Å². The highest BCUT2D eigenvalue weighted by Crippen LogP contribution is 2.29. The minimum Gasteiger partial charge on any atom is -0.444 e. The Morgan fingerprint density at radius 3 is 2.67 bits per heavy atom. The molecular weight excluding hydrogens is 268 g/mol. The Bertz CT molecular complexity index is 376. The van der Waals surface area contributed by atoms with Gasteiger partial charge in [0.15, 0.2) is 0 Å². The molecule has 1 amide bonds. The molecule has 2 heterocycles. The summed E-state index contributed by atoms with van der Waals surface area (Å²) in [6.45, 7) is 12.8. The van der Waals surface area contributed by atoms with Crippen LogP contribution in [0.1, 0.15) is 53.9 Å². The number of likely N-dealkylation sites (tertiary alicyclic amines) is 1. The molecule has 0 radical (unpaired) electrons. The number of hydrogen-bond acceptors (Lipinski definition) is 4. The van der Waals surface area contributed by atoms with E-state index in [0.717, 1.165) is 39.0 Å². The number of amides is 1. The van der Waals surface area contributed by atoms with E-state index in [1.54, 1.807) is 0 Å². The molecule has 0 saturated carbocycles. The van der Waals surface area contributed by atoms with Crippen molar-refractivity contribution >= 4 is 6.09 Å². The lowest BCUT2D eigenvalue weighted by Gasteiger charge is -2.39. The van der Waals surface area contributed by atoms with Crippen molar-refractivity contribution < 1.29 is 14.3 Å². The van der Waals surface area contributed by atoms with Crippen LogP contribution in [-0.2, 0) is 9.47 Å². The lowest BCUT2D eigenvalue weighted by Crippen LogP contribution is -2.47. The maximum atomic E-state index is 11.8. The van der Waals surface area contributed by atoms with Crippen LogP contribution in [0.5, 0.6) is 0 Å². The van der Waals surface area contributed by atoms with Crippen LogP contribution < -0.4 is 5.32 Å². The topological polar surface area (TPSA) is 50.8 Å². The molecule has 2 aliphatic rings. The Kier molecular flexibility index (Phi) is 4.83. The minimum atomic E-state index is -0.437. The smallest absolute Gasteiger partial charge is 0.407 e. The lowest BCUT2D eigenvalue weighted by atomic mass is 9.93. The Morgan fingerprint density at radius 2 is 2.05 bits per heavy atom. The van der Waals surface area contributed by atoms with E-state index < -0.39 is 5.60 Å². The second-order valence-corrected chi connectivity index (χ2v) is 7.88. The van der Waals surface area contributed by atoms with Crippen molar-refractivity contribution in [3.05, 3.63) is 0 Å². The van der Waals surface area contributed by atoms with Gasteiger partial charge in [-0.15, -0.1) is 0 Å². The normalized spacial score (nSPS) is 30.1. The number of hydrogen-bond donors (Lipinski definition) is 1. The average molecular weight is 298 g/mol. The Balaban J connectivity index is 1.79. The van der Waals surface area contributed by atoms with Crippen LogP contribution >= 0.6 is 0 Å². The standard InChI is InChI=1S/C16H30N2O3/c1-15(2,3)21-14(19)17-12-6-8-18(11-12)13-7-9-20-16(4,5)10-13/h12-13H,6-11H2,1-5H3,(H,17,19)/t12-,13?/m0/s1. The quantitative estimate of drug-likeness (QED) is 0.851. The zero-order valence-corrected chi connectivity index (χ0v) is 14.1. The fourth-order valence-corrected chi connectivity index (χ4v) is 3.22. The number of alkyl carbamates (subject to hydrolysis) is 1. The van der Waals surface area contributed by atoms with Crippen molar-refractivity contribution in [2.45, 2.75) is 77.2 Å². The van der Waals surface area contributed by atoms with Gasteiger partial charge in [-0.1, -0.05) is 0 Å². The van der Waals surface area contributed by atoms with E-state index in [1.165, 1.54) is 0 Å². The molecule has 21 heavy (non-hydrogen) atoms. The van der Waals surface area contributed by atoms with E-state index >= 15 is 0 Å². The molecule has 1 N–H and O–H groups in total. The number of nitrogens with one attached hydrogen (secondary N) is 1. The van der Waals surface area contributed by atoms with Gasteiger partial charge in [0.1, 0.15) is 5.60 Å². The van der Waals surface area contributed by atoms with E-state index in [0.29, 0.717) is 6.04 Å². The molecule has 2 saturated heterocycles. The van der Waals surface area contributed by atoms with E-state index in [1.807, 2.05) is 20.8 Å². The molecule has 0 aromatic rings. The van der Waals surface area contributed by atoms with Crippen molar-refractivity contribution in [2.24, 2.45) is 0 Å². The molecule has 0 aliphatic carbocycles. The van der Waals surface area contributed by atoms with Crippen molar-refractivity contribution in [1.29, 1.82) is 0 Å². The largest absolute Gasteiger partial charge is 0.444 e. The summed E-state index contributed by atoms with van der Waals surface area (Å²) < 4.78 is 11.1. The number of carbonyl (C=O) groups excluding carboxylic acids is 1. The molecule has 122 valence electrons. The number of rotatable bonds is 2. The van der Waals surface area contributed by atoms with Crippen molar-refractivity contribution in [3.63, 3.8) is 0 Å². The summed E-state index contributed by atoms with van der Waals surface area (Å²) in [6, 6.07) is 0.769. The van der Waals surface area contributed by atoms with E-state index in [9.17, 15) is 4.79 Å². The van der Waals surface area contributed by atoms with Gasteiger partial charge in [-0.2, -0.15) is 0 Å². The third-order valence-corrected chi connectivity index (χ3v) is 4.13. The average Bonchev–Trinajstić information content (AvgIpc) is 2.73. The van der Waals surface area contributed by atoms with Crippen LogP contribution in [0.3, 0.4) is 0 Å². The van der Waals surface area contributed by atoms with Crippen molar-refractivity contribution in [2.75, 3.05) is 19.7 Å². The van der Waals surface area contributed by atoms with Gasteiger partial charge in [0.05, 0.1) is 5.60 Å². The Hall–Kier alpha value is -0.810. The number of carbonyl (C=O) groups is 1. The van der Waals surface area contributed by atoms with Crippen molar-refractivity contribution in [1.82, 2.24) is 10.2 Å². The molecule has 0 bridgehead atoms. The van der Waals surface area contributed by atoms with E-state index in [4.69, 9.17) is 9.47 Å². The van der Waals surface area contributed by atoms with Crippen molar-refractivity contribution in [3.8, 4) is 0 Å². The first-order valence-corrected chi connectivity index (χ1v) is 8.02. The molecule has 2 aliphatic heterocycles. The summed E-state index contributed by atoms with van der Waals surface area (Å²) in [4.78, 5) is 14.3. The summed E-state index contributed by atoms with van der Waals surface area (Å²) in [5.41, 5.74) is -0.466. The van der Waals surface area contributed by atoms with Gasteiger partial charge in [0.25, 0.3) is 0 Å². The second-order valence-electron chi connectivity index (χ2n) is 7.88. The Morgan fingerprint density at radius 1 is 1.33 bits per heavy atom. The van der Waals surface area contributed by atoms with Gasteiger partial charge < -0.3 is 14.8 Å². The minimum absolute atomic E-state index is 0.0282. The first kappa shape index (κ1) is 16.6. The van der Waals surface area contributed by atoms with Crippen LogP contribution in [0.25, 0.3) is 0 Å². The van der Waals surface area contributed by atoms with Gasteiger partial charge in [0, 0.05) is 31.8 Å². The zero-order valence-electron chi connectivity index (χ0n) is 14.1. The van der Waals surface area contributed by atoms with Gasteiger partial charge in [-0.3, -0.25) is 4.90 Å². The highest BCUT2D eigenvalue weighted by molar-refractivity contribution is 5.68. The summed E-state index contributed by atoms with van der Waals surface area (Å²) in [6.07, 6.45) is 2.84. The summed E-state index contributed by atoms with van der Waals surface area (Å²) >= 11 is 0. The molecule has 2 rings (SSSR count). The highest BCUT2D eigenvalue weighted by atomic mass is 16.6. The molecule has 0 spiro atoms. The van der Waals surface area contributed by atoms with Gasteiger partial charge in [-0.25, -0.2) is 4.79 Å². The molecule has 0 aromatic carbocycles. The second kappa shape index (κ2) is 6.13. The zero-order chi connectivity index (χ0) is 15.7. The first-order valence-electron chi connectivity index (χ1n) is 8.02. The number of nitrogens with zero attached hydrogens (tertiary/aromatic N) is 1. The Labute approximate surface area is 128 Å². The van der Waals surface area contributed by atoms with Crippen LogP contribution in [0, 0.1) is 0 Å². The van der Waals surface area contributed by atoms with Gasteiger partial charge >= 0.3 is 6.09 Å². The predicted octanol–water partition coefficient (Wildman–Crippen LogP) is 2.54. The SMILES string of the molecule is CC(C)(C)OC(=O)N[C@H]1CCN(C2CCOC(C)(C)C2)C1.